The average Bonchev–Trinajstić information content (AvgIpc) is 3.22. The van der Waals surface area contributed by atoms with Crippen molar-refractivity contribution in [3.63, 3.8) is 0 Å². The molecule has 8 heteroatoms. The van der Waals surface area contributed by atoms with Crippen molar-refractivity contribution in [3.8, 4) is 0 Å². The number of rotatable bonds is 2. The van der Waals surface area contributed by atoms with Gasteiger partial charge in [0, 0.05) is 45.2 Å². The van der Waals surface area contributed by atoms with E-state index in [4.69, 9.17) is 4.42 Å². The summed E-state index contributed by atoms with van der Waals surface area (Å²) in [7, 11) is 1.64. The fraction of sp³-hybridized carbons (Fsp3) is 0.474. The quantitative estimate of drug-likeness (QED) is 0.766. The van der Waals surface area contributed by atoms with E-state index in [1.54, 1.807) is 30.1 Å². The molecule has 1 fully saturated rings. The van der Waals surface area contributed by atoms with Crippen LogP contribution >= 0.6 is 0 Å². The predicted molar refractivity (Wildman–Crippen MR) is 96.2 cm³/mol. The van der Waals surface area contributed by atoms with E-state index in [2.05, 4.69) is 5.10 Å². The number of hydrogen-bond donors (Lipinski definition) is 0. The maximum Gasteiger partial charge on any atom is 0.289 e. The second-order valence-corrected chi connectivity index (χ2v) is 7.11. The molecule has 1 aliphatic carbocycles. The SMILES string of the molecule is Cn1nc2c(cc1=O)C[C@@H](C(=O)N1CCN(C(=O)c3ccco3)CC1)CC2. The summed E-state index contributed by atoms with van der Waals surface area (Å²) in [5.41, 5.74) is 1.65. The van der Waals surface area contributed by atoms with E-state index in [0.29, 0.717) is 44.8 Å². The number of furan rings is 1. The molecule has 142 valence electrons. The molecular weight excluding hydrogens is 348 g/mol. The molecule has 1 aliphatic heterocycles. The Bertz CT molecular complexity index is 910. The molecule has 0 N–H and O–H groups in total. The maximum absolute atomic E-state index is 12.9. The number of aromatic nitrogens is 2. The summed E-state index contributed by atoms with van der Waals surface area (Å²) in [6, 6.07) is 4.94. The highest BCUT2D eigenvalue weighted by Crippen LogP contribution is 2.25. The van der Waals surface area contributed by atoms with Gasteiger partial charge in [0.15, 0.2) is 5.76 Å². The van der Waals surface area contributed by atoms with Crippen LogP contribution in [0, 0.1) is 5.92 Å². The number of piperazine rings is 1. The van der Waals surface area contributed by atoms with Crippen molar-refractivity contribution >= 4 is 11.8 Å². The second-order valence-electron chi connectivity index (χ2n) is 7.11. The molecule has 0 aromatic carbocycles. The zero-order valence-corrected chi connectivity index (χ0v) is 15.3. The molecule has 4 rings (SSSR count). The van der Waals surface area contributed by atoms with Crippen LogP contribution in [0.15, 0.2) is 33.7 Å². The predicted octanol–water partition coefficient (Wildman–Crippen LogP) is 0.463. The number of aryl methyl sites for hydroxylation is 2. The standard InChI is InChI=1S/C19H22N4O4/c1-21-17(24)12-14-11-13(4-5-15(14)20-21)18(25)22-6-8-23(9-7-22)19(26)16-3-2-10-27-16/h2-3,10,12-13H,4-9,11H2,1H3/t13-/m0/s1. The normalized spacial score (nSPS) is 19.7. The average molecular weight is 370 g/mol. The molecular formula is C19H22N4O4. The van der Waals surface area contributed by atoms with Crippen LogP contribution in [-0.4, -0.2) is 57.6 Å². The van der Waals surface area contributed by atoms with Gasteiger partial charge in [-0.1, -0.05) is 0 Å². The Hall–Kier alpha value is -2.90. The molecule has 0 saturated carbocycles. The van der Waals surface area contributed by atoms with Crippen LogP contribution in [0.4, 0.5) is 0 Å². The monoisotopic (exact) mass is 370 g/mol. The van der Waals surface area contributed by atoms with E-state index < -0.39 is 0 Å². The number of carbonyl (C=O) groups excluding carboxylic acids is 2. The van der Waals surface area contributed by atoms with Crippen LogP contribution < -0.4 is 5.56 Å². The van der Waals surface area contributed by atoms with Gasteiger partial charge in [-0.2, -0.15) is 5.10 Å². The van der Waals surface area contributed by atoms with Crippen molar-refractivity contribution in [2.75, 3.05) is 26.2 Å². The second kappa shape index (κ2) is 7.02. The minimum absolute atomic E-state index is 0.103. The Morgan fingerprint density at radius 2 is 1.93 bits per heavy atom. The smallest absolute Gasteiger partial charge is 0.289 e. The maximum atomic E-state index is 12.9. The van der Waals surface area contributed by atoms with Gasteiger partial charge in [0.05, 0.1) is 12.0 Å². The number of nitrogens with zero attached hydrogens (tertiary/aromatic N) is 4. The summed E-state index contributed by atoms with van der Waals surface area (Å²) in [6.45, 7) is 2.03. The zero-order chi connectivity index (χ0) is 19.0. The van der Waals surface area contributed by atoms with Gasteiger partial charge in [0.2, 0.25) is 5.91 Å². The topological polar surface area (TPSA) is 88.7 Å². The molecule has 1 atom stereocenters. The highest BCUT2D eigenvalue weighted by Gasteiger charge is 2.32. The van der Waals surface area contributed by atoms with Crippen LogP contribution in [0.3, 0.4) is 0 Å². The van der Waals surface area contributed by atoms with E-state index in [-0.39, 0.29) is 23.3 Å². The first-order valence-electron chi connectivity index (χ1n) is 9.20. The van der Waals surface area contributed by atoms with Crippen LogP contribution in [0.1, 0.15) is 28.2 Å². The Morgan fingerprint density at radius 1 is 1.19 bits per heavy atom. The Morgan fingerprint density at radius 3 is 2.63 bits per heavy atom. The number of carbonyl (C=O) groups is 2. The van der Waals surface area contributed by atoms with Gasteiger partial charge < -0.3 is 14.2 Å². The Labute approximate surface area is 156 Å². The van der Waals surface area contributed by atoms with Gasteiger partial charge in [-0.15, -0.1) is 0 Å². The highest BCUT2D eigenvalue weighted by atomic mass is 16.3. The summed E-state index contributed by atoms with van der Waals surface area (Å²) in [5.74, 6) is 0.165. The molecule has 0 unspecified atom stereocenters. The van der Waals surface area contributed by atoms with Crippen molar-refractivity contribution in [2.24, 2.45) is 13.0 Å². The first-order chi connectivity index (χ1) is 13.0. The molecule has 2 aliphatic rings. The van der Waals surface area contributed by atoms with Gasteiger partial charge in [-0.3, -0.25) is 14.4 Å². The third kappa shape index (κ3) is 3.39. The third-order valence-electron chi connectivity index (χ3n) is 5.41. The van der Waals surface area contributed by atoms with Crippen LogP contribution in [0.2, 0.25) is 0 Å². The molecule has 3 heterocycles. The molecule has 27 heavy (non-hydrogen) atoms. The third-order valence-corrected chi connectivity index (χ3v) is 5.41. The van der Waals surface area contributed by atoms with E-state index in [9.17, 15) is 14.4 Å². The van der Waals surface area contributed by atoms with E-state index in [0.717, 1.165) is 17.7 Å². The summed E-state index contributed by atoms with van der Waals surface area (Å²) in [5, 5.41) is 4.30. The first kappa shape index (κ1) is 17.5. The minimum atomic E-state index is -0.146. The van der Waals surface area contributed by atoms with E-state index in [1.807, 2.05) is 4.90 Å². The van der Waals surface area contributed by atoms with Crippen molar-refractivity contribution in [1.29, 1.82) is 0 Å². The molecule has 2 amide bonds. The fourth-order valence-electron chi connectivity index (χ4n) is 3.84. The van der Waals surface area contributed by atoms with Crippen LogP contribution in [0.5, 0.6) is 0 Å². The number of fused-ring (bicyclic) bond motifs is 1. The van der Waals surface area contributed by atoms with Crippen molar-refractivity contribution in [1.82, 2.24) is 19.6 Å². The van der Waals surface area contributed by atoms with Crippen molar-refractivity contribution < 1.29 is 14.0 Å². The highest BCUT2D eigenvalue weighted by molar-refractivity contribution is 5.91. The molecule has 2 aromatic heterocycles. The number of amides is 2. The summed E-state index contributed by atoms with van der Waals surface area (Å²) >= 11 is 0. The van der Waals surface area contributed by atoms with Crippen molar-refractivity contribution in [3.05, 3.63) is 51.8 Å². The molecule has 2 aromatic rings. The Kier molecular flexibility index (Phi) is 4.55. The largest absolute Gasteiger partial charge is 0.459 e. The molecule has 8 nitrogen and oxygen atoms in total. The lowest BCUT2D eigenvalue weighted by molar-refractivity contribution is -0.137. The lowest BCUT2D eigenvalue weighted by Crippen LogP contribution is -2.52. The Balaban J connectivity index is 1.38. The van der Waals surface area contributed by atoms with Gasteiger partial charge >= 0.3 is 0 Å². The summed E-state index contributed by atoms with van der Waals surface area (Å²) in [4.78, 5) is 40.6. The summed E-state index contributed by atoms with van der Waals surface area (Å²) in [6.07, 6.45) is 3.48. The lowest BCUT2D eigenvalue weighted by atomic mass is 9.86. The van der Waals surface area contributed by atoms with Gasteiger partial charge in [0.25, 0.3) is 11.5 Å². The first-order valence-corrected chi connectivity index (χ1v) is 9.20. The summed E-state index contributed by atoms with van der Waals surface area (Å²) < 4.78 is 6.51. The lowest BCUT2D eigenvalue weighted by Gasteiger charge is -2.37. The van der Waals surface area contributed by atoms with Crippen LogP contribution in [-0.2, 0) is 24.7 Å². The van der Waals surface area contributed by atoms with Crippen molar-refractivity contribution in [2.45, 2.75) is 19.3 Å². The molecule has 1 saturated heterocycles. The zero-order valence-electron chi connectivity index (χ0n) is 15.3. The van der Waals surface area contributed by atoms with E-state index in [1.165, 1.54) is 10.9 Å². The van der Waals surface area contributed by atoms with Gasteiger partial charge in [0.1, 0.15) is 0 Å². The van der Waals surface area contributed by atoms with Gasteiger partial charge in [-0.25, -0.2) is 4.68 Å². The minimum Gasteiger partial charge on any atom is -0.459 e. The van der Waals surface area contributed by atoms with Gasteiger partial charge in [-0.05, 0) is 37.0 Å². The van der Waals surface area contributed by atoms with Crippen LogP contribution in [0.25, 0.3) is 0 Å². The molecule has 0 spiro atoms. The van der Waals surface area contributed by atoms with E-state index >= 15 is 0 Å². The molecule has 0 radical (unpaired) electrons. The molecule has 0 bridgehead atoms. The number of hydrogen-bond acceptors (Lipinski definition) is 5. The fourth-order valence-corrected chi connectivity index (χ4v) is 3.84.